The second kappa shape index (κ2) is 7.89. The van der Waals surface area contributed by atoms with Gasteiger partial charge in [-0.25, -0.2) is 0 Å². The molecule has 1 heterocycles. The Bertz CT molecular complexity index is 988. The molecule has 0 unspecified atom stereocenters. The van der Waals surface area contributed by atoms with Crippen LogP contribution in [0, 0.1) is 6.92 Å². The lowest BCUT2D eigenvalue weighted by molar-refractivity contribution is -0.153. The zero-order chi connectivity index (χ0) is 20.3. The summed E-state index contributed by atoms with van der Waals surface area (Å²) >= 11 is 5.87. The number of nitrogens with zero attached hydrogens (tertiary/aromatic N) is 2. The lowest BCUT2D eigenvalue weighted by Crippen LogP contribution is -2.20. The third kappa shape index (κ3) is 5.01. The molecule has 0 aliphatic carbocycles. The van der Waals surface area contributed by atoms with Crippen molar-refractivity contribution in [1.82, 2.24) is 10.1 Å². The first-order valence-electron chi connectivity index (χ1n) is 7.92. The number of benzene rings is 2. The van der Waals surface area contributed by atoms with Gasteiger partial charge in [0.15, 0.2) is 12.4 Å². The zero-order valence-corrected chi connectivity index (χ0v) is 15.1. The van der Waals surface area contributed by atoms with Crippen LogP contribution >= 0.6 is 11.6 Å². The van der Waals surface area contributed by atoms with Crippen molar-refractivity contribution in [3.05, 3.63) is 58.9 Å². The first kappa shape index (κ1) is 19.7. The smallest absolute Gasteiger partial charge is 0.422 e. The van der Waals surface area contributed by atoms with E-state index in [2.05, 4.69) is 15.5 Å². The molecule has 3 rings (SSSR count). The number of aromatic nitrogens is 2. The molecule has 0 aliphatic rings. The minimum absolute atomic E-state index is 0.0263. The maximum atomic E-state index is 12.4. The zero-order valence-electron chi connectivity index (χ0n) is 14.4. The summed E-state index contributed by atoms with van der Waals surface area (Å²) in [6, 6.07) is 10.2. The summed E-state index contributed by atoms with van der Waals surface area (Å²) < 4.78 is 47.0. The van der Waals surface area contributed by atoms with Crippen LogP contribution in [0.5, 0.6) is 5.75 Å². The van der Waals surface area contributed by atoms with Gasteiger partial charge in [-0.05, 0) is 49.4 Å². The van der Waals surface area contributed by atoms with Gasteiger partial charge in [-0.15, -0.1) is 0 Å². The number of amides is 1. The van der Waals surface area contributed by atoms with Crippen molar-refractivity contribution < 1.29 is 27.2 Å². The van der Waals surface area contributed by atoms with Gasteiger partial charge in [0.2, 0.25) is 0 Å². The van der Waals surface area contributed by atoms with Gasteiger partial charge in [0.05, 0.1) is 5.69 Å². The Morgan fingerprint density at radius 3 is 2.54 bits per heavy atom. The summed E-state index contributed by atoms with van der Waals surface area (Å²) in [7, 11) is 0. The number of nitrogens with one attached hydrogen (secondary N) is 1. The summed E-state index contributed by atoms with van der Waals surface area (Å²) in [4.78, 5) is 16.5. The fourth-order valence-electron chi connectivity index (χ4n) is 2.26. The molecule has 146 valence electrons. The first-order valence-corrected chi connectivity index (χ1v) is 8.30. The number of rotatable bonds is 5. The number of alkyl halides is 3. The number of aryl methyl sites for hydroxylation is 1. The average molecular weight is 412 g/mol. The minimum Gasteiger partial charge on any atom is -0.482 e. The van der Waals surface area contributed by atoms with Gasteiger partial charge in [-0.1, -0.05) is 16.8 Å². The molecule has 1 N–H and O–H groups in total. The Morgan fingerprint density at radius 1 is 1.21 bits per heavy atom. The Labute approximate surface area is 162 Å². The first-order chi connectivity index (χ1) is 13.2. The number of halogens is 4. The van der Waals surface area contributed by atoms with E-state index >= 15 is 0 Å². The van der Waals surface area contributed by atoms with E-state index in [0.717, 1.165) is 0 Å². The molecular weight excluding hydrogens is 399 g/mol. The number of carbonyl (C=O) groups is 1. The van der Waals surface area contributed by atoms with E-state index in [9.17, 15) is 18.0 Å². The van der Waals surface area contributed by atoms with Crippen LogP contribution < -0.4 is 10.1 Å². The monoisotopic (exact) mass is 411 g/mol. The Morgan fingerprint density at radius 2 is 1.93 bits per heavy atom. The van der Waals surface area contributed by atoms with Crippen molar-refractivity contribution in [1.29, 1.82) is 0 Å². The third-order valence-corrected chi connectivity index (χ3v) is 3.74. The quantitative estimate of drug-likeness (QED) is 0.646. The fraction of sp³-hybridized carbons (Fsp3) is 0.167. The summed E-state index contributed by atoms with van der Waals surface area (Å²) in [5.41, 5.74) is 0.911. The summed E-state index contributed by atoms with van der Waals surface area (Å²) in [6.45, 7) is 0.189. The van der Waals surface area contributed by atoms with E-state index < -0.39 is 18.7 Å². The van der Waals surface area contributed by atoms with Crippen LogP contribution in [0.4, 0.5) is 18.9 Å². The van der Waals surface area contributed by atoms with E-state index in [-0.39, 0.29) is 22.0 Å². The molecule has 0 radical (unpaired) electrons. The topological polar surface area (TPSA) is 77.2 Å². The molecule has 1 aromatic heterocycles. The molecule has 10 heteroatoms. The predicted octanol–water partition coefficient (Wildman–Crippen LogP) is 4.89. The molecule has 0 atom stereocenters. The van der Waals surface area contributed by atoms with Gasteiger partial charge in [0.25, 0.3) is 11.8 Å². The van der Waals surface area contributed by atoms with Crippen LogP contribution in [0.3, 0.4) is 0 Å². The van der Waals surface area contributed by atoms with Gasteiger partial charge < -0.3 is 14.6 Å². The molecule has 0 fully saturated rings. The SMILES string of the molecule is Cc1noc(-c2ccc(C(=O)Nc3cc(Cl)ccc3OCC(F)(F)F)cc2)n1. The molecule has 0 aliphatic heterocycles. The van der Waals surface area contributed by atoms with Gasteiger partial charge in [-0.3, -0.25) is 4.79 Å². The minimum atomic E-state index is -4.51. The van der Waals surface area contributed by atoms with Gasteiger partial charge in [0, 0.05) is 16.1 Å². The highest BCUT2D eigenvalue weighted by molar-refractivity contribution is 6.31. The molecular formula is C18H13ClF3N3O3. The molecule has 0 saturated carbocycles. The maximum Gasteiger partial charge on any atom is 0.422 e. The van der Waals surface area contributed by atoms with E-state index in [1.165, 1.54) is 30.3 Å². The number of ether oxygens (including phenoxy) is 1. The molecule has 3 aromatic rings. The van der Waals surface area contributed by atoms with Crippen LogP contribution in [0.1, 0.15) is 16.2 Å². The number of carbonyl (C=O) groups excluding carboxylic acids is 1. The molecule has 1 amide bonds. The predicted molar refractivity (Wildman–Crippen MR) is 95.4 cm³/mol. The van der Waals surface area contributed by atoms with Crippen LogP contribution in [-0.2, 0) is 0 Å². The van der Waals surface area contributed by atoms with Crippen LogP contribution in [-0.4, -0.2) is 28.8 Å². The van der Waals surface area contributed by atoms with Crippen LogP contribution in [0.15, 0.2) is 47.0 Å². The van der Waals surface area contributed by atoms with E-state index in [1.807, 2.05) is 0 Å². The van der Waals surface area contributed by atoms with Gasteiger partial charge >= 0.3 is 6.18 Å². The maximum absolute atomic E-state index is 12.4. The highest BCUT2D eigenvalue weighted by Crippen LogP contribution is 2.30. The van der Waals surface area contributed by atoms with Crippen molar-refractivity contribution in [3.63, 3.8) is 0 Å². The lowest BCUT2D eigenvalue weighted by atomic mass is 10.1. The molecule has 28 heavy (non-hydrogen) atoms. The number of hydrogen-bond acceptors (Lipinski definition) is 5. The lowest BCUT2D eigenvalue weighted by Gasteiger charge is -2.14. The van der Waals surface area contributed by atoms with Crippen molar-refractivity contribution in [2.24, 2.45) is 0 Å². The van der Waals surface area contributed by atoms with Crippen molar-refractivity contribution in [3.8, 4) is 17.2 Å². The van der Waals surface area contributed by atoms with Crippen LogP contribution in [0.2, 0.25) is 5.02 Å². The van der Waals surface area contributed by atoms with Crippen molar-refractivity contribution in [2.75, 3.05) is 11.9 Å². The van der Waals surface area contributed by atoms with Crippen molar-refractivity contribution in [2.45, 2.75) is 13.1 Å². The summed E-state index contributed by atoms with van der Waals surface area (Å²) in [5, 5.41) is 6.42. The average Bonchev–Trinajstić information content (AvgIpc) is 3.07. The second-order valence-corrected chi connectivity index (χ2v) is 6.16. The highest BCUT2D eigenvalue weighted by Gasteiger charge is 2.29. The summed E-state index contributed by atoms with van der Waals surface area (Å²) in [6.07, 6.45) is -4.51. The third-order valence-electron chi connectivity index (χ3n) is 3.50. The fourth-order valence-corrected chi connectivity index (χ4v) is 2.43. The molecule has 6 nitrogen and oxygen atoms in total. The highest BCUT2D eigenvalue weighted by atomic mass is 35.5. The Hall–Kier alpha value is -3.07. The number of anilines is 1. The van der Waals surface area contributed by atoms with Gasteiger partial charge in [-0.2, -0.15) is 18.2 Å². The largest absolute Gasteiger partial charge is 0.482 e. The van der Waals surface area contributed by atoms with E-state index in [4.69, 9.17) is 20.9 Å². The molecule has 0 spiro atoms. The number of hydrogen-bond donors (Lipinski definition) is 1. The molecule has 0 saturated heterocycles. The Balaban J connectivity index is 1.76. The van der Waals surface area contributed by atoms with Crippen molar-refractivity contribution >= 4 is 23.2 Å². The molecule has 0 bridgehead atoms. The second-order valence-electron chi connectivity index (χ2n) is 5.72. The molecule has 2 aromatic carbocycles. The van der Waals surface area contributed by atoms with Gasteiger partial charge in [0.1, 0.15) is 5.75 Å². The standard InChI is InChI=1S/C18H13ClF3N3O3/c1-10-23-17(28-25-10)12-4-2-11(3-5-12)16(26)24-14-8-13(19)6-7-15(14)27-9-18(20,21)22/h2-8H,9H2,1H3,(H,24,26). The Kier molecular flexibility index (Phi) is 5.55. The van der Waals surface area contributed by atoms with Crippen LogP contribution in [0.25, 0.3) is 11.5 Å². The van der Waals surface area contributed by atoms with E-state index in [1.54, 1.807) is 19.1 Å². The van der Waals surface area contributed by atoms with E-state index in [0.29, 0.717) is 17.3 Å². The summed E-state index contributed by atoms with van der Waals surface area (Å²) in [5.74, 6) is 0.0895. The normalized spacial score (nSPS) is 11.3.